The van der Waals surface area contributed by atoms with Gasteiger partial charge in [0.05, 0.1) is 0 Å². The molecule has 10 heteroatoms. The number of anilines is 2. The van der Waals surface area contributed by atoms with E-state index in [1.165, 1.54) is 0 Å². The molecule has 0 atom stereocenters. The lowest BCUT2D eigenvalue weighted by atomic mass is 9.81. The van der Waals surface area contributed by atoms with Crippen LogP contribution < -0.4 is 10.6 Å². The van der Waals surface area contributed by atoms with Gasteiger partial charge in [0.15, 0.2) is 11.6 Å². The molecular formula is C25H29N9O. The van der Waals surface area contributed by atoms with Crippen LogP contribution in [0.4, 0.5) is 11.6 Å². The predicted octanol–water partition coefficient (Wildman–Crippen LogP) is 3.73. The fourth-order valence-corrected chi connectivity index (χ4v) is 4.46. The Morgan fingerprint density at radius 3 is 2.66 bits per heavy atom. The second-order valence-electron chi connectivity index (χ2n) is 9.06. The number of hydrogen-bond acceptors (Lipinski definition) is 7. The van der Waals surface area contributed by atoms with Crippen LogP contribution in [0.25, 0.3) is 5.82 Å². The summed E-state index contributed by atoms with van der Waals surface area (Å²) < 4.78 is 1.70. The van der Waals surface area contributed by atoms with Gasteiger partial charge in [-0.05, 0) is 57.2 Å². The van der Waals surface area contributed by atoms with Gasteiger partial charge in [-0.25, -0.2) is 19.6 Å². The molecule has 4 aromatic rings. The van der Waals surface area contributed by atoms with Crippen molar-refractivity contribution in [3.63, 3.8) is 0 Å². The first kappa shape index (κ1) is 22.7. The zero-order chi connectivity index (χ0) is 24.2. The second-order valence-corrected chi connectivity index (χ2v) is 9.06. The number of carbonyl (C=O) groups excluding carboxylic acids is 1. The smallest absolute Gasteiger partial charge is 0.223 e. The highest BCUT2D eigenvalue weighted by atomic mass is 16.1. The first-order chi connectivity index (χ1) is 17.0. The number of rotatable bonds is 7. The number of aromatic nitrogens is 7. The number of hydrogen-bond donors (Lipinski definition) is 3. The molecule has 4 heterocycles. The van der Waals surface area contributed by atoms with Crippen LogP contribution in [-0.4, -0.2) is 40.8 Å². The van der Waals surface area contributed by atoms with Crippen molar-refractivity contribution in [2.75, 3.05) is 5.32 Å². The Kier molecular flexibility index (Phi) is 6.51. The van der Waals surface area contributed by atoms with Gasteiger partial charge < -0.3 is 10.6 Å². The van der Waals surface area contributed by atoms with Gasteiger partial charge in [0, 0.05) is 60.5 Å². The van der Waals surface area contributed by atoms with E-state index < -0.39 is 0 Å². The maximum absolute atomic E-state index is 12.8. The van der Waals surface area contributed by atoms with Crippen LogP contribution in [0.1, 0.15) is 54.4 Å². The lowest BCUT2D eigenvalue weighted by molar-refractivity contribution is -0.126. The topological polar surface area (TPSA) is 126 Å². The van der Waals surface area contributed by atoms with Crippen molar-refractivity contribution in [2.45, 2.75) is 52.0 Å². The molecule has 0 unspecified atom stereocenters. The highest BCUT2D eigenvalue weighted by Crippen LogP contribution is 2.35. The van der Waals surface area contributed by atoms with Gasteiger partial charge in [0.25, 0.3) is 0 Å². The summed E-state index contributed by atoms with van der Waals surface area (Å²) in [6.45, 7) is 4.40. The van der Waals surface area contributed by atoms with E-state index in [0.29, 0.717) is 6.54 Å². The summed E-state index contributed by atoms with van der Waals surface area (Å²) in [6, 6.07) is 9.57. The first-order valence-corrected chi connectivity index (χ1v) is 11.9. The highest BCUT2D eigenvalue weighted by molar-refractivity contribution is 5.78. The first-order valence-electron chi connectivity index (χ1n) is 11.9. The van der Waals surface area contributed by atoms with Gasteiger partial charge in [-0.3, -0.25) is 9.89 Å². The zero-order valence-corrected chi connectivity index (χ0v) is 19.9. The molecule has 5 rings (SSSR count). The Labute approximate surface area is 203 Å². The van der Waals surface area contributed by atoms with Gasteiger partial charge >= 0.3 is 0 Å². The molecule has 10 nitrogen and oxygen atoms in total. The molecule has 0 aliphatic heterocycles. The van der Waals surface area contributed by atoms with Crippen molar-refractivity contribution in [3.05, 3.63) is 71.7 Å². The molecule has 1 aliphatic rings. The zero-order valence-electron chi connectivity index (χ0n) is 19.9. The lowest BCUT2D eigenvalue weighted by Gasteiger charge is -2.27. The maximum Gasteiger partial charge on any atom is 0.223 e. The standard InChI is InChI=1S/C25H29N9O/c1-16-12-21(30-22-13-17(2)32-33-22)31-24(29-16)19-5-7-20(8-6-19)25(35)27-15-18-4-9-23(26-14-18)34-11-3-10-28-34/h3-4,9-14,19-20H,5-8,15H2,1-2H3,(H,27,35)(H2,29,30,31,32,33)/t19-,20+. The molecule has 1 amide bonds. The fourth-order valence-electron chi connectivity index (χ4n) is 4.46. The van der Waals surface area contributed by atoms with E-state index in [1.807, 2.05) is 50.4 Å². The van der Waals surface area contributed by atoms with Crippen LogP contribution in [-0.2, 0) is 11.3 Å². The lowest BCUT2D eigenvalue weighted by Crippen LogP contribution is -2.32. The molecule has 180 valence electrons. The van der Waals surface area contributed by atoms with Crippen LogP contribution in [0.3, 0.4) is 0 Å². The van der Waals surface area contributed by atoms with Gasteiger partial charge in [0.2, 0.25) is 5.91 Å². The number of H-pyrrole nitrogens is 1. The van der Waals surface area contributed by atoms with E-state index in [0.717, 1.165) is 65.9 Å². The highest BCUT2D eigenvalue weighted by Gasteiger charge is 2.28. The molecule has 0 spiro atoms. The number of carbonyl (C=O) groups is 1. The van der Waals surface area contributed by atoms with E-state index in [4.69, 9.17) is 4.98 Å². The van der Waals surface area contributed by atoms with E-state index in [1.54, 1.807) is 17.1 Å². The minimum atomic E-state index is 0.0111. The Bertz CT molecular complexity index is 1270. The minimum absolute atomic E-state index is 0.0111. The summed E-state index contributed by atoms with van der Waals surface area (Å²) >= 11 is 0. The summed E-state index contributed by atoms with van der Waals surface area (Å²) in [4.78, 5) is 26.6. The Morgan fingerprint density at radius 1 is 1.11 bits per heavy atom. The number of pyridine rings is 1. The molecule has 1 saturated carbocycles. The van der Waals surface area contributed by atoms with Crippen molar-refractivity contribution in [3.8, 4) is 5.82 Å². The van der Waals surface area contributed by atoms with Crippen LogP contribution in [0, 0.1) is 19.8 Å². The molecule has 3 N–H and O–H groups in total. The average molecular weight is 472 g/mol. The second kappa shape index (κ2) is 10.0. The number of nitrogens with one attached hydrogen (secondary N) is 3. The maximum atomic E-state index is 12.8. The molecule has 1 aliphatic carbocycles. The summed E-state index contributed by atoms with van der Waals surface area (Å²) in [5, 5.41) is 17.6. The number of amides is 1. The van der Waals surface area contributed by atoms with Crippen molar-refractivity contribution in [2.24, 2.45) is 5.92 Å². The fraction of sp³-hybridized carbons (Fsp3) is 0.360. The Balaban J connectivity index is 1.13. The van der Waals surface area contributed by atoms with E-state index in [9.17, 15) is 4.79 Å². The van der Waals surface area contributed by atoms with E-state index >= 15 is 0 Å². The monoisotopic (exact) mass is 471 g/mol. The summed E-state index contributed by atoms with van der Waals surface area (Å²) in [7, 11) is 0. The largest absolute Gasteiger partial charge is 0.352 e. The molecule has 0 saturated heterocycles. The molecule has 0 bridgehead atoms. The molecular weight excluding hydrogens is 442 g/mol. The number of nitrogens with zero attached hydrogens (tertiary/aromatic N) is 6. The molecule has 4 aromatic heterocycles. The quantitative estimate of drug-likeness (QED) is 0.375. The van der Waals surface area contributed by atoms with Crippen molar-refractivity contribution in [1.29, 1.82) is 0 Å². The average Bonchev–Trinajstić information content (AvgIpc) is 3.55. The third-order valence-electron chi connectivity index (χ3n) is 6.31. The van der Waals surface area contributed by atoms with Crippen molar-refractivity contribution in [1.82, 2.24) is 40.2 Å². The van der Waals surface area contributed by atoms with Gasteiger partial charge in [-0.1, -0.05) is 6.07 Å². The Morgan fingerprint density at radius 2 is 1.97 bits per heavy atom. The molecule has 0 radical (unpaired) electrons. The van der Waals surface area contributed by atoms with Crippen LogP contribution >= 0.6 is 0 Å². The summed E-state index contributed by atoms with van der Waals surface area (Å²) in [6.07, 6.45) is 8.77. The van der Waals surface area contributed by atoms with Gasteiger partial charge in [-0.2, -0.15) is 10.2 Å². The van der Waals surface area contributed by atoms with Gasteiger partial charge in [-0.15, -0.1) is 0 Å². The normalized spacial score (nSPS) is 17.8. The van der Waals surface area contributed by atoms with Crippen LogP contribution in [0.2, 0.25) is 0 Å². The van der Waals surface area contributed by atoms with Crippen LogP contribution in [0.15, 0.2) is 48.9 Å². The molecule has 0 aromatic carbocycles. The summed E-state index contributed by atoms with van der Waals surface area (Å²) in [5.41, 5.74) is 2.86. The molecule has 1 fully saturated rings. The third kappa shape index (κ3) is 5.53. The van der Waals surface area contributed by atoms with Crippen LogP contribution in [0.5, 0.6) is 0 Å². The minimum Gasteiger partial charge on any atom is -0.352 e. The SMILES string of the molecule is Cc1cc(Nc2cc(C)[nH]n2)nc([C@H]2CC[C@@H](C(=O)NCc3ccc(-n4cccn4)nc3)CC2)n1. The van der Waals surface area contributed by atoms with E-state index in [2.05, 4.69) is 35.9 Å². The van der Waals surface area contributed by atoms with Gasteiger partial charge in [0.1, 0.15) is 11.6 Å². The third-order valence-corrected chi connectivity index (χ3v) is 6.31. The van der Waals surface area contributed by atoms with E-state index in [-0.39, 0.29) is 17.7 Å². The number of aryl methyl sites for hydroxylation is 2. The summed E-state index contributed by atoms with van der Waals surface area (Å²) in [5.74, 6) is 3.42. The van der Waals surface area contributed by atoms with Crippen molar-refractivity contribution < 1.29 is 4.79 Å². The predicted molar refractivity (Wildman–Crippen MR) is 131 cm³/mol. The Hall–Kier alpha value is -4.08. The van der Waals surface area contributed by atoms with Crippen molar-refractivity contribution >= 4 is 17.5 Å². The molecule has 35 heavy (non-hydrogen) atoms. The number of aromatic amines is 1.